The van der Waals surface area contributed by atoms with Gasteiger partial charge in [0, 0.05) is 28.3 Å². The average molecular weight is 841 g/mol. The van der Waals surface area contributed by atoms with E-state index in [4.69, 9.17) is 23.7 Å². The molecule has 1 amide bonds. The first-order valence-corrected chi connectivity index (χ1v) is 18.8. The number of methoxy groups -OCH3 is 1. The highest BCUT2D eigenvalue weighted by Gasteiger charge is 2.51. The molecule has 322 valence electrons. The summed E-state index contributed by atoms with van der Waals surface area (Å²) in [5.41, 5.74) is -3.36. The van der Waals surface area contributed by atoms with Crippen molar-refractivity contribution >= 4 is 23.4 Å². The number of benzene rings is 3. The number of amides is 1. The molecule has 4 aliphatic rings. The number of likely N-dealkylation sites (N-methyl/N-ethyl adjacent to an activating group) is 1. The molecule has 3 aromatic carbocycles. The van der Waals surface area contributed by atoms with Gasteiger partial charge in [-0.1, -0.05) is 6.07 Å². The number of aliphatic carboxylic acids is 1. The highest BCUT2D eigenvalue weighted by Crippen LogP contribution is 2.57. The summed E-state index contributed by atoms with van der Waals surface area (Å²) in [5, 5.41) is 104. The topological polar surface area (TPSA) is 321 Å². The van der Waals surface area contributed by atoms with E-state index in [0.717, 1.165) is 12.1 Å². The van der Waals surface area contributed by atoms with Crippen LogP contribution in [0.3, 0.4) is 0 Å². The Balaban J connectivity index is 1.37. The second-order valence-corrected chi connectivity index (χ2v) is 15.1. The summed E-state index contributed by atoms with van der Waals surface area (Å²) in [7, 11) is 2.80. The van der Waals surface area contributed by atoms with Gasteiger partial charge in [0.1, 0.15) is 71.8 Å². The van der Waals surface area contributed by atoms with E-state index in [1.54, 1.807) is 6.92 Å². The number of carbonyl (C=O) groups excluding carboxylic acids is 3. The first-order chi connectivity index (χ1) is 28.3. The van der Waals surface area contributed by atoms with Gasteiger partial charge in [0.25, 0.3) is 5.91 Å². The summed E-state index contributed by atoms with van der Waals surface area (Å²) in [6.45, 7) is 3.76. The van der Waals surface area contributed by atoms with Gasteiger partial charge in [-0.15, -0.1) is 0 Å². The summed E-state index contributed by atoms with van der Waals surface area (Å²) in [4.78, 5) is 53.3. The van der Waals surface area contributed by atoms with Crippen molar-refractivity contribution in [3.05, 3.63) is 68.8 Å². The zero-order valence-electron chi connectivity index (χ0n) is 32.6. The van der Waals surface area contributed by atoms with E-state index >= 15 is 0 Å². The van der Waals surface area contributed by atoms with Crippen LogP contribution in [0.4, 0.5) is 0 Å². The Bertz CT molecular complexity index is 2280. The van der Waals surface area contributed by atoms with Gasteiger partial charge in [-0.2, -0.15) is 0 Å². The van der Waals surface area contributed by atoms with Crippen LogP contribution in [0.25, 0.3) is 11.1 Å². The zero-order valence-corrected chi connectivity index (χ0v) is 32.6. The number of phenolic OH excluding ortho intramolecular Hbond substituents is 3. The van der Waals surface area contributed by atoms with Crippen molar-refractivity contribution in [3.8, 4) is 34.1 Å². The normalized spacial score (nSPS) is 30.1. The molecule has 3 aromatic rings. The maximum atomic E-state index is 14.1. The molecule has 0 radical (unpaired) electrons. The van der Waals surface area contributed by atoms with E-state index in [1.807, 2.05) is 0 Å². The average Bonchev–Trinajstić information content (AvgIpc) is 3.19. The summed E-state index contributed by atoms with van der Waals surface area (Å²) in [6, 6.07) is 2.44. The van der Waals surface area contributed by atoms with Gasteiger partial charge in [-0.05, 0) is 56.6 Å². The number of aliphatic hydroxyl groups is 5. The number of ketones is 2. The number of carboxylic acid groups (broad SMARTS) is 1. The molecule has 11 N–H and O–H groups in total. The van der Waals surface area contributed by atoms with E-state index in [0.29, 0.717) is 0 Å². The smallest absolute Gasteiger partial charge is 0.325 e. The number of hydrogen-bond donors (Lipinski definition) is 11. The summed E-state index contributed by atoms with van der Waals surface area (Å²) >= 11 is 0. The fraction of sp³-hybridized carbons (Fsp3) is 0.450. The lowest BCUT2D eigenvalue weighted by Crippen LogP contribution is -2.65. The van der Waals surface area contributed by atoms with Crippen molar-refractivity contribution in [3.63, 3.8) is 0 Å². The fourth-order valence-electron chi connectivity index (χ4n) is 8.30. The molecule has 60 heavy (non-hydrogen) atoms. The largest absolute Gasteiger partial charge is 0.507 e. The maximum absolute atomic E-state index is 14.1. The number of fused-ring (bicyclic) bond motifs is 5. The number of hydrogen-bond acceptors (Lipinski definition) is 18. The Kier molecular flexibility index (Phi) is 11.4. The highest BCUT2D eigenvalue weighted by molar-refractivity contribution is 6.31. The number of ether oxygens (including phenoxy) is 5. The van der Waals surface area contributed by atoms with E-state index in [-0.39, 0.29) is 33.6 Å². The first-order valence-electron chi connectivity index (χ1n) is 18.8. The Hall–Kier alpha value is -5.26. The third-order valence-electron chi connectivity index (χ3n) is 11.4. The molecule has 2 aliphatic carbocycles. The van der Waals surface area contributed by atoms with Crippen LogP contribution >= 0.6 is 0 Å². The van der Waals surface area contributed by atoms with Gasteiger partial charge in [0.2, 0.25) is 0 Å². The molecule has 2 aliphatic heterocycles. The van der Waals surface area contributed by atoms with Crippen molar-refractivity contribution in [2.24, 2.45) is 0 Å². The molecule has 2 heterocycles. The van der Waals surface area contributed by atoms with Crippen LogP contribution in [-0.2, 0) is 23.7 Å². The zero-order chi connectivity index (χ0) is 43.8. The summed E-state index contributed by atoms with van der Waals surface area (Å²) in [5.74, 6) is -6.63. The fourth-order valence-corrected chi connectivity index (χ4v) is 8.30. The van der Waals surface area contributed by atoms with E-state index in [1.165, 1.54) is 40.1 Å². The quantitative estimate of drug-likeness (QED) is 0.100. The molecular formula is C40H44N2O18. The van der Waals surface area contributed by atoms with Crippen LogP contribution in [0.5, 0.6) is 23.0 Å². The number of aromatic hydroxyl groups is 3. The second-order valence-electron chi connectivity index (χ2n) is 15.1. The highest BCUT2D eigenvalue weighted by atomic mass is 16.7. The molecule has 2 fully saturated rings. The van der Waals surface area contributed by atoms with Crippen LogP contribution in [0.1, 0.15) is 84.9 Å². The van der Waals surface area contributed by atoms with Crippen LogP contribution in [0, 0.1) is 6.92 Å². The van der Waals surface area contributed by atoms with Crippen molar-refractivity contribution in [1.29, 1.82) is 0 Å². The Morgan fingerprint density at radius 3 is 2.13 bits per heavy atom. The Labute approximate surface area is 340 Å². The Morgan fingerprint density at radius 2 is 1.48 bits per heavy atom. The third-order valence-corrected chi connectivity index (χ3v) is 11.4. The molecule has 0 aromatic heterocycles. The second kappa shape index (κ2) is 16.0. The van der Waals surface area contributed by atoms with Crippen LogP contribution in [0.2, 0.25) is 0 Å². The third kappa shape index (κ3) is 6.83. The number of carbonyl (C=O) groups is 4. The molecule has 7 rings (SSSR count). The van der Waals surface area contributed by atoms with E-state index < -0.39 is 149 Å². The van der Waals surface area contributed by atoms with Gasteiger partial charge in [-0.25, -0.2) is 0 Å². The number of nitrogens with one attached hydrogen (secondary N) is 2. The lowest BCUT2D eigenvalue weighted by atomic mass is 9.74. The molecule has 12 atom stereocenters. The van der Waals surface area contributed by atoms with Crippen LogP contribution < -0.4 is 15.4 Å². The SMILES string of the molecule is CN[C@@H]1[C@H](O[C@@H]2OC[C@@H](O)[C@H](O)[C@H]2O)[C@@H](O)[C@H](O[C@H]2c3cc(C)c(C(=O)N[C@@H](C)C(=O)O)c(O)c3-c3c(cc4c(c3O)C(=O)c3cc(OC)cc(O)c3C4=O)[C@@H]2O)O[C@@H]1C. The molecule has 0 saturated carbocycles. The lowest BCUT2D eigenvalue weighted by Gasteiger charge is -2.47. The number of aryl methyl sites for hydroxylation is 1. The van der Waals surface area contributed by atoms with Crippen LogP contribution in [-0.4, -0.2) is 151 Å². The Morgan fingerprint density at radius 1 is 0.833 bits per heavy atom. The minimum atomic E-state index is -1.89. The predicted molar refractivity (Wildman–Crippen MR) is 201 cm³/mol. The maximum Gasteiger partial charge on any atom is 0.325 e. The molecule has 20 nitrogen and oxygen atoms in total. The number of phenols is 3. The van der Waals surface area contributed by atoms with Gasteiger partial charge >= 0.3 is 5.97 Å². The molecule has 0 bridgehead atoms. The van der Waals surface area contributed by atoms with Gasteiger partial charge in [0.05, 0.1) is 42.6 Å². The van der Waals surface area contributed by atoms with Crippen molar-refractivity contribution in [1.82, 2.24) is 10.6 Å². The van der Waals surface area contributed by atoms with Gasteiger partial charge in [0.15, 0.2) is 24.1 Å². The standard InChI is InChI=1S/C40H44N2O18/c1-11-6-18-24(31(49)21(11)37(53)42-12(2)38(54)55)23-16(9-17-25(32(23)50)28(46)15-7-14(56-5)8-19(43)22(15)27(17)45)29(47)35(18)59-40-34(52)36(26(41-4)13(3)58-40)60-39-33(51)30(48)20(44)10-57-39/h6-9,12-13,20,26,29-30,33-36,39-41,43-44,47-52H,10H2,1-5H3,(H,42,53)(H,54,55)/t12-,13+,20+,26-,29-,30-,33+,34+,35-,36-,39-,40-/m0/s1. The predicted octanol–water partition coefficient (Wildman–Crippen LogP) is -0.612. The number of carboxylic acids is 1. The lowest BCUT2D eigenvalue weighted by molar-refractivity contribution is -0.339. The van der Waals surface area contributed by atoms with Crippen molar-refractivity contribution in [2.45, 2.75) is 94.3 Å². The van der Waals surface area contributed by atoms with Crippen molar-refractivity contribution in [2.75, 3.05) is 20.8 Å². The minimum Gasteiger partial charge on any atom is -0.507 e. The molecule has 2 saturated heterocycles. The minimum absolute atomic E-state index is 0.0161. The van der Waals surface area contributed by atoms with Gasteiger partial charge < -0.3 is 80.3 Å². The molecule has 20 heteroatoms. The van der Waals surface area contributed by atoms with E-state index in [9.17, 15) is 65.1 Å². The molecule has 0 spiro atoms. The van der Waals surface area contributed by atoms with Gasteiger partial charge in [-0.3, -0.25) is 19.2 Å². The van der Waals surface area contributed by atoms with Crippen molar-refractivity contribution < 1.29 is 88.8 Å². The molecule has 0 unspecified atom stereocenters. The first kappa shape index (κ1) is 42.8. The summed E-state index contributed by atoms with van der Waals surface area (Å²) in [6.07, 6.45) is -15.5. The van der Waals surface area contributed by atoms with Crippen LogP contribution in [0.15, 0.2) is 24.3 Å². The number of aliphatic hydroxyl groups excluding tert-OH is 5. The van der Waals surface area contributed by atoms with E-state index in [2.05, 4.69) is 10.6 Å². The monoisotopic (exact) mass is 840 g/mol. The number of rotatable bonds is 9. The summed E-state index contributed by atoms with van der Waals surface area (Å²) < 4.78 is 28.9. The molecular weight excluding hydrogens is 796 g/mol.